The van der Waals surface area contributed by atoms with Crippen LogP contribution in [0, 0.1) is 0 Å². The zero-order valence-corrected chi connectivity index (χ0v) is 40.4. The van der Waals surface area contributed by atoms with Crippen molar-refractivity contribution in [3.8, 4) is 0 Å². The molecule has 0 amide bonds. The van der Waals surface area contributed by atoms with Gasteiger partial charge in [0.15, 0.2) is 6.04 Å². The number of allylic oxidation sites excluding steroid dienone is 2. The number of nitrogens with zero attached hydrogens (tertiary/aromatic N) is 2. The Bertz CT molecular complexity index is 2330. The summed E-state index contributed by atoms with van der Waals surface area (Å²) in [5, 5.41) is 13.4. The maximum absolute atomic E-state index is 14.8. The quantitative estimate of drug-likeness (QED) is 0.0842. The number of ketones is 1. The zero-order valence-electron chi connectivity index (χ0n) is 38.7. The van der Waals surface area contributed by atoms with E-state index >= 15 is 0 Å². The van der Waals surface area contributed by atoms with Crippen molar-refractivity contribution in [2.24, 2.45) is 0 Å². The summed E-state index contributed by atoms with van der Waals surface area (Å²) in [6.07, 6.45) is 11.2. The van der Waals surface area contributed by atoms with E-state index < -0.39 is 25.8 Å². The number of aliphatic hydroxyl groups is 1. The predicted octanol–water partition coefficient (Wildman–Crippen LogP) is 9.07. The molecular formula is C48H75N4O6S2+. The summed E-state index contributed by atoms with van der Waals surface area (Å²) in [4.78, 5) is 17.1. The number of carbonyl (C=O) groups excluding carboxylic acids is 1. The largest absolute Gasteiger partial charge is 0.506 e. The van der Waals surface area contributed by atoms with Gasteiger partial charge in [-0.05, 0) is 92.0 Å². The Morgan fingerprint density at radius 1 is 0.700 bits per heavy atom. The van der Waals surface area contributed by atoms with Crippen LogP contribution >= 0.6 is 0 Å². The van der Waals surface area contributed by atoms with Crippen LogP contribution in [-0.4, -0.2) is 63.4 Å². The van der Waals surface area contributed by atoms with E-state index in [0.717, 1.165) is 86.4 Å². The number of hydrogen-bond donors (Lipinski definition) is 3. The molecule has 0 radical (unpaired) electrons. The Labute approximate surface area is 362 Å². The first-order valence-corrected chi connectivity index (χ1v) is 26.1. The number of benzene rings is 2. The number of unbranched alkanes of at least 4 members (excludes halogenated alkanes) is 10. The van der Waals surface area contributed by atoms with Crippen LogP contribution in [0.15, 0.2) is 30.0 Å². The SMILES string of the molecule is CCCCCCCCS(=O)(=O)Nc1cc2c(cc1C1=C(O)C(=c3cc4c(cc3NS(=O)(=O)CCCCCCCC)=[N+](C(C)C)C(C)C4(C)C)C1=O)C(C)(C)C(C)N2C(C)C. The van der Waals surface area contributed by atoms with Gasteiger partial charge in [0.25, 0.3) is 0 Å². The number of hydrogen-bond acceptors (Lipinski definition) is 7. The minimum atomic E-state index is -3.82. The van der Waals surface area contributed by atoms with E-state index in [-0.39, 0.29) is 74.8 Å². The van der Waals surface area contributed by atoms with Crippen molar-refractivity contribution in [2.45, 2.75) is 195 Å². The van der Waals surface area contributed by atoms with E-state index in [4.69, 9.17) is 0 Å². The normalized spacial score (nSPS) is 20.6. The van der Waals surface area contributed by atoms with Gasteiger partial charge in [-0.1, -0.05) is 91.9 Å². The van der Waals surface area contributed by atoms with Crippen LogP contribution in [-0.2, 0) is 35.7 Å². The van der Waals surface area contributed by atoms with Gasteiger partial charge in [-0.25, -0.2) is 21.4 Å². The van der Waals surface area contributed by atoms with Gasteiger partial charge in [0.05, 0.1) is 39.4 Å². The number of sulfonamides is 2. The maximum atomic E-state index is 14.8. The smallest absolute Gasteiger partial charge is 0.232 e. The third-order valence-electron chi connectivity index (χ3n) is 13.8. The number of nitrogens with one attached hydrogen (secondary N) is 2. The molecule has 1 aliphatic carbocycles. The van der Waals surface area contributed by atoms with E-state index in [1.807, 2.05) is 24.3 Å². The minimum Gasteiger partial charge on any atom is -0.506 e. The van der Waals surface area contributed by atoms with Gasteiger partial charge in [0.1, 0.15) is 11.8 Å². The molecule has 2 aromatic rings. The fourth-order valence-corrected chi connectivity index (χ4v) is 12.1. The third-order valence-corrected chi connectivity index (χ3v) is 16.5. The second-order valence-electron chi connectivity index (χ2n) is 19.4. The summed E-state index contributed by atoms with van der Waals surface area (Å²) in [7, 11) is -7.63. The molecule has 2 aliphatic heterocycles. The van der Waals surface area contributed by atoms with Crippen LogP contribution in [0.25, 0.3) is 11.1 Å². The molecule has 2 aromatic carbocycles. The van der Waals surface area contributed by atoms with Crippen molar-refractivity contribution in [1.29, 1.82) is 0 Å². The summed E-state index contributed by atoms with van der Waals surface area (Å²) in [6, 6.07) is 7.84. The lowest BCUT2D eigenvalue weighted by atomic mass is 9.76. The fourth-order valence-electron chi connectivity index (χ4n) is 9.72. The number of Topliss-reactive ketones (excluding diaryl/α,β-unsaturated/α-hetero) is 1. The van der Waals surface area contributed by atoms with Crippen molar-refractivity contribution in [3.05, 3.63) is 57.3 Å². The van der Waals surface area contributed by atoms with Crippen LogP contribution in [0.2, 0.25) is 0 Å². The Morgan fingerprint density at radius 3 is 1.72 bits per heavy atom. The first kappa shape index (κ1) is 47.7. The van der Waals surface area contributed by atoms with Gasteiger partial charge >= 0.3 is 0 Å². The van der Waals surface area contributed by atoms with Crippen LogP contribution in [0.4, 0.5) is 17.1 Å². The van der Waals surface area contributed by atoms with E-state index in [1.54, 1.807) is 0 Å². The summed E-state index contributed by atoms with van der Waals surface area (Å²) in [5.74, 6) is -0.849. The Hall–Kier alpha value is -3.38. The standard InChI is InChI=1S/C48H74N4O6S2/c1-13-15-17-19-21-23-25-59(55,56)49-39-29-41-37(47(9,10)33(7)51(41)31(3)4)27-35(39)43-45(53)44(46(43)54)36-28-38-42(52(32(5)6)34(8)48(38,11)12)30-40(36)50-60(57,58)26-24-22-20-18-16-14-2/h27-34H,13-26H2,1-12H3,(H2,49,50,53,54)/p+1. The topological polar surface area (TPSA) is 136 Å². The van der Waals surface area contributed by atoms with Crippen molar-refractivity contribution in [2.75, 3.05) is 25.8 Å². The molecule has 0 saturated carbocycles. The molecule has 0 saturated heterocycles. The van der Waals surface area contributed by atoms with Gasteiger partial charge in [-0.2, -0.15) is 0 Å². The van der Waals surface area contributed by atoms with Gasteiger partial charge in [0, 0.05) is 45.6 Å². The summed E-state index contributed by atoms with van der Waals surface area (Å²) in [6.45, 7) is 25.7. The van der Waals surface area contributed by atoms with Gasteiger partial charge < -0.3 is 10.0 Å². The first-order valence-electron chi connectivity index (χ1n) is 22.8. The van der Waals surface area contributed by atoms with Gasteiger partial charge in [-0.15, -0.1) is 0 Å². The van der Waals surface area contributed by atoms with Crippen LogP contribution < -0.4 is 29.5 Å². The number of carbonyl (C=O) groups is 1. The van der Waals surface area contributed by atoms with Crippen molar-refractivity contribution >= 4 is 54.0 Å². The molecule has 334 valence electrons. The van der Waals surface area contributed by atoms with Crippen molar-refractivity contribution < 1.29 is 26.7 Å². The van der Waals surface area contributed by atoms with Crippen molar-refractivity contribution in [1.82, 2.24) is 4.58 Å². The van der Waals surface area contributed by atoms with Crippen molar-refractivity contribution in [3.63, 3.8) is 0 Å². The van der Waals surface area contributed by atoms with Crippen LogP contribution in [0.1, 0.15) is 177 Å². The lowest BCUT2D eigenvalue weighted by Crippen LogP contribution is -2.42. The molecule has 0 spiro atoms. The number of aliphatic hydroxyl groups excluding tert-OH is 1. The lowest BCUT2D eigenvalue weighted by molar-refractivity contribution is -0.109. The van der Waals surface area contributed by atoms with Gasteiger partial charge in [0.2, 0.25) is 31.2 Å². The van der Waals surface area contributed by atoms with E-state index in [0.29, 0.717) is 23.6 Å². The molecule has 2 heterocycles. The zero-order chi connectivity index (χ0) is 44.5. The fraction of sp³-hybridized carbons (Fsp3) is 0.667. The third kappa shape index (κ3) is 9.49. The van der Waals surface area contributed by atoms with E-state index in [9.17, 15) is 26.7 Å². The summed E-state index contributed by atoms with van der Waals surface area (Å²) >= 11 is 0. The number of fused-ring (bicyclic) bond motifs is 2. The second-order valence-corrected chi connectivity index (χ2v) is 23.1. The predicted molar refractivity (Wildman–Crippen MR) is 251 cm³/mol. The molecule has 5 rings (SSSR count). The Morgan fingerprint density at radius 2 is 1.22 bits per heavy atom. The molecule has 10 nitrogen and oxygen atoms in total. The van der Waals surface area contributed by atoms with E-state index in [2.05, 4.69) is 102 Å². The molecule has 2 atom stereocenters. The highest BCUT2D eigenvalue weighted by atomic mass is 32.2. The highest BCUT2D eigenvalue weighted by Crippen LogP contribution is 2.51. The van der Waals surface area contributed by atoms with Gasteiger partial charge in [-0.3, -0.25) is 14.2 Å². The average Bonchev–Trinajstić information content (AvgIpc) is 3.47. The molecule has 0 bridgehead atoms. The van der Waals surface area contributed by atoms with Crippen LogP contribution in [0.5, 0.6) is 0 Å². The summed E-state index contributed by atoms with van der Waals surface area (Å²) in [5.41, 5.74) is 2.98. The number of anilines is 3. The highest BCUT2D eigenvalue weighted by Gasteiger charge is 2.48. The monoisotopic (exact) mass is 868 g/mol. The molecule has 3 aliphatic rings. The van der Waals surface area contributed by atoms with Crippen LogP contribution in [0.3, 0.4) is 0 Å². The minimum absolute atomic E-state index is 0.0225. The maximum Gasteiger partial charge on any atom is 0.232 e. The molecular weight excluding hydrogens is 793 g/mol. The molecule has 0 aromatic heterocycles. The molecule has 12 heteroatoms. The van der Waals surface area contributed by atoms with E-state index in [1.165, 1.54) is 0 Å². The Kier molecular flexibility index (Phi) is 14.7. The number of rotatable bonds is 21. The highest BCUT2D eigenvalue weighted by molar-refractivity contribution is 7.92. The molecule has 60 heavy (non-hydrogen) atoms. The molecule has 2 unspecified atom stereocenters. The lowest BCUT2D eigenvalue weighted by Gasteiger charge is -2.34. The Balaban J connectivity index is 1.69. The average molecular weight is 868 g/mol. The molecule has 3 N–H and O–H groups in total. The second kappa shape index (κ2) is 18.5. The summed E-state index contributed by atoms with van der Waals surface area (Å²) < 4.78 is 63.0. The first-order chi connectivity index (χ1) is 28.0. The molecule has 0 fully saturated rings.